The topological polar surface area (TPSA) is 91.3 Å². The van der Waals surface area contributed by atoms with Gasteiger partial charge in [-0.15, -0.1) is 0 Å². The summed E-state index contributed by atoms with van der Waals surface area (Å²) in [6, 6.07) is 9.05. The molecule has 1 aromatic rings. The lowest BCUT2D eigenvalue weighted by Gasteiger charge is -2.27. The summed E-state index contributed by atoms with van der Waals surface area (Å²) in [6.07, 6.45) is -3.38. The number of aliphatic hydroxyl groups is 1. The average molecular weight is 350 g/mol. The Hall–Kier alpha value is -2.40. The molecule has 0 amide bonds. The summed E-state index contributed by atoms with van der Waals surface area (Å²) in [5, 5.41) is 10.4. The van der Waals surface area contributed by atoms with Crippen LogP contribution in [0, 0.1) is 11.8 Å². The van der Waals surface area contributed by atoms with Gasteiger partial charge in [0.05, 0.1) is 0 Å². The summed E-state index contributed by atoms with van der Waals surface area (Å²) in [5.41, 5.74) is 0.705. The SMILES string of the molecule is COCO[C@@H]([C@H](O)C#Cc1ccccc1)[C@@H](COC(C)=O)OC(C)=O. The van der Waals surface area contributed by atoms with Crippen molar-refractivity contribution in [3.05, 3.63) is 35.9 Å². The maximum absolute atomic E-state index is 11.3. The average Bonchev–Trinajstić information content (AvgIpc) is 2.58. The number of carbonyl (C=O) groups excluding carboxylic acids is 2. The third kappa shape index (κ3) is 8.31. The van der Waals surface area contributed by atoms with E-state index in [1.807, 2.05) is 18.2 Å². The molecule has 25 heavy (non-hydrogen) atoms. The van der Waals surface area contributed by atoms with Gasteiger partial charge in [0.1, 0.15) is 25.6 Å². The van der Waals surface area contributed by atoms with Crippen LogP contribution >= 0.6 is 0 Å². The van der Waals surface area contributed by atoms with Crippen molar-refractivity contribution in [1.29, 1.82) is 0 Å². The molecule has 0 aliphatic rings. The van der Waals surface area contributed by atoms with Crippen LogP contribution in [0.2, 0.25) is 0 Å². The first-order chi connectivity index (χ1) is 11.9. The molecule has 1 N–H and O–H groups in total. The molecule has 136 valence electrons. The monoisotopic (exact) mass is 350 g/mol. The van der Waals surface area contributed by atoms with Crippen LogP contribution in [0.25, 0.3) is 0 Å². The lowest BCUT2D eigenvalue weighted by atomic mass is 10.1. The maximum Gasteiger partial charge on any atom is 0.303 e. The predicted octanol–water partition coefficient (Wildman–Crippen LogP) is 0.883. The van der Waals surface area contributed by atoms with Crippen molar-refractivity contribution >= 4 is 11.9 Å². The van der Waals surface area contributed by atoms with Gasteiger partial charge in [-0.3, -0.25) is 9.59 Å². The molecule has 1 aromatic carbocycles. The van der Waals surface area contributed by atoms with Gasteiger partial charge in [0, 0.05) is 26.5 Å². The Morgan fingerprint density at radius 2 is 1.84 bits per heavy atom. The van der Waals surface area contributed by atoms with Crippen molar-refractivity contribution in [2.75, 3.05) is 20.5 Å². The number of carbonyl (C=O) groups is 2. The molecular formula is C18H22O7. The molecule has 7 nitrogen and oxygen atoms in total. The second-order valence-electron chi connectivity index (χ2n) is 5.07. The summed E-state index contributed by atoms with van der Waals surface area (Å²) < 4.78 is 20.2. The van der Waals surface area contributed by atoms with Crippen LogP contribution in [-0.4, -0.2) is 55.9 Å². The van der Waals surface area contributed by atoms with Crippen LogP contribution < -0.4 is 0 Å². The summed E-state index contributed by atoms with van der Waals surface area (Å²) in [4.78, 5) is 22.3. The van der Waals surface area contributed by atoms with Gasteiger partial charge in [-0.05, 0) is 12.1 Å². The molecule has 0 aliphatic heterocycles. The van der Waals surface area contributed by atoms with Gasteiger partial charge in [-0.25, -0.2) is 0 Å². The number of hydrogen-bond donors (Lipinski definition) is 1. The summed E-state index contributed by atoms with van der Waals surface area (Å²) >= 11 is 0. The molecule has 0 saturated carbocycles. The van der Waals surface area contributed by atoms with Gasteiger partial charge < -0.3 is 24.1 Å². The van der Waals surface area contributed by atoms with Crippen LogP contribution in [-0.2, 0) is 28.5 Å². The van der Waals surface area contributed by atoms with E-state index < -0.39 is 30.3 Å². The first-order valence-electron chi connectivity index (χ1n) is 7.59. The second-order valence-corrected chi connectivity index (χ2v) is 5.07. The number of benzene rings is 1. The smallest absolute Gasteiger partial charge is 0.303 e. The third-order valence-electron chi connectivity index (χ3n) is 2.96. The normalized spacial score (nSPS) is 13.8. The quantitative estimate of drug-likeness (QED) is 0.423. The molecule has 3 atom stereocenters. The Kier molecular flexibility index (Phi) is 9.25. The van der Waals surface area contributed by atoms with Gasteiger partial charge in [-0.2, -0.15) is 0 Å². The minimum atomic E-state index is -1.30. The number of rotatable bonds is 8. The van der Waals surface area contributed by atoms with E-state index in [0.717, 1.165) is 0 Å². The molecule has 7 heteroatoms. The molecule has 0 saturated heterocycles. The molecule has 0 fully saturated rings. The molecule has 0 aliphatic carbocycles. The van der Waals surface area contributed by atoms with Crippen LogP contribution in [0.3, 0.4) is 0 Å². The first-order valence-corrected chi connectivity index (χ1v) is 7.59. The van der Waals surface area contributed by atoms with Crippen LogP contribution in [0.1, 0.15) is 19.4 Å². The lowest BCUT2D eigenvalue weighted by Crippen LogP contribution is -2.44. The third-order valence-corrected chi connectivity index (χ3v) is 2.96. The molecule has 0 radical (unpaired) electrons. The summed E-state index contributed by atoms with van der Waals surface area (Å²) in [7, 11) is 1.41. The Labute approximate surface area is 146 Å². The lowest BCUT2D eigenvalue weighted by molar-refractivity contribution is -0.183. The highest BCUT2D eigenvalue weighted by atomic mass is 16.7. The van der Waals surface area contributed by atoms with Crippen molar-refractivity contribution in [2.24, 2.45) is 0 Å². The summed E-state index contributed by atoms with van der Waals surface area (Å²) in [6.45, 7) is 2.00. The van der Waals surface area contributed by atoms with E-state index in [9.17, 15) is 14.7 Å². The fourth-order valence-electron chi connectivity index (χ4n) is 1.92. The first kappa shape index (κ1) is 20.6. The van der Waals surface area contributed by atoms with Crippen molar-refractivity contribution in [1.82, 2.24) is 0 Å². The van der Waals surface area contributed by atoms with E-state index in [2.05, 4.69) is 11.8 Å². The van der Waals surface area contributed by atoms with Gasteiger partial charge in [0.15, 0.2) is 6.10 Å². The minimum Gasteiger partial charge on any atom is -0.462 e. The van der Waals surface area contributed by atoms with Crippen molar-refractivity contribution in [3.63, 3.8) is 0 Å². The Morgan fingerprint density at radius 1 is 1.16 bits per heavy atom. The Balaban J connectivity index is 2.94. The molecule has 0 unspecified atom stereocenters. The molecule has 0 aromatic heterocycles. The van der Waals surface area contributed by atoms with E-state index in [1.54, 1.807) is 12.1 Å². The van der Waals surface area contributed by atoms with Gasteiger partial charge in [-0.1, -0.05) is 30.0 Å². The van der Waals surface area contributed by atoms with Crippen LogP contribution in [0.4, 0.5) is 0 Å². The van der Waals surface area contributed by atoms with Gasteiger partial charge >= 0.3 is 11.9 Å². The molecule has 0 spiro atoms. The van der Waals surface area contributed by atoms with Gasteiger partial charge in [0.2, 0.25) is 0 Å². The van der Waals surface area contributed by atoms with Gasteiger partial charge in [0.25, 0.3) is 0 Å². The second kappa shape index (κ2) is 11.2. The molecule has 0 bridgehead atoms. The van der Waals surface area contributed by atoms with E-state index in [1.165, 1.54) is 21.0 Å². The fourth-order valence-corrected chi connectivity index (χ4v) is 1.92. The number of methoxy groups -OCH3 is 1. The standard InChI is InChI=1S/C18H22O7/c1-13(19)23-11-17(25-14(2)20)18(24-12-22-3)16(21)10-9-15-7-5-4-6-8-15/h4-8,16-18,21H,11-12H2,1-3H3/t16-,17-,18+/m1/s1. The molecule has 0 heterocycles. The zero-order valence-electron chi connectivity index (χ0n) is 14.4. The zero-order valence-corrected chi connectivity index (χ0v) is 14.4. The number of hydrogen-bond acceptors (Lipinski definition) is 7. The van der Waals surface area contributed by atoms with Crippen molar-refractivity contribution in [2.45, 2.75) is 32.2 Å². The van der Waals surface area contributed by atoms with E-state index >= 15 is 0 Å². The van der Waals surface area contributed by atoms with E-state index in [-0.39, 0.29) is 13.4 Å². The van der Waals surface area contributed by atoms with Crippen molar-refractivity contribution in [3.8, 4) is 11.8 Å². The maximum atomic E-state index is 11.3. The minimum absolute atomic E-state index is 0.160. The summed E-state index contributed by atoms with van der Waals surface area (Å²) in [5.74, 6) is 4.29. The van der Waals surface area contributed by atoms with E-state index in [4.69, 9.17) is 18.9 Å². The Bertz CT molecular complexity index is 603. The fraction of sp³-hybridized carbons (Fsp3) is 0.444. The van der Waals surface area contributed by atoms with Crippen LogP contribution in [0.5, 0.6) is 0 Å². The number of ether oxygens (including phenoxy) is 4. The zero-order chi connectivity index (χ0) is 18.7. The van der Waals surface area contributed by atoms with E-state index in [0.29, 0.717) is 5.56 Å². The highest BCUT2D eigenvalue weighted by Gasteiger charge is 2.32. The Morgan fingerprint density at radius 3 is 2.40 bits per heavy atom. The van der Waals surface area contributed by atoms with Crippen molar-refractivity contribution < 1.29 is 33.6 Å². The predicted molar refractivity (Wildman–Crippen MR) is 88.3 cm³/mol. The highest BCUT2D eigenvalue weighted by Crippen LogP contribution is 2.12. The largest absolute Gasteiger partial charge is 0.462 e. The molecular weight excluding hydrogens is 328 g/mol. The molecule has 1 rings (SSSR count). The number of aliphatic hydroxyl groups excluding tert-OH is 1. The van der Waals surface area contributed by atoms with Crippen LogP contribution in [0.15, 0.2) is 30.3 Å². The number of esters is 2. The highest BCUT2D eigenvalue weighted by molar-refractivity contribution is 5.67.